The number of alkyl halides is 3. The molecule has 2 saturated heterocycles. The Morgan fingerprint density at radius 3 is 2.51 bits per heavy atom. The van der Waals surface area contributed by atoms with Crippen LogP contribution in [0.1, 0.15) is 78.5 Å². The summed E-state index contributed by atoms with van der Waals surface area (Å²) in [4.78, 5) is 25.6. The summed E-state index contributed by atoms with van der Waals surface area (Å²) in [5, 5.41) is 8.71. The number of carbonyl (C=O) groups is 1. The maximum absolute atomic E-state index is 13.3. The number of thiophene rings is 1. The van der Waals surface area contributed by atoms with Crippen molar-refractivity contribution in [1.82, 2.24) is 29.8 Å². The molecule has 0 aliphatic carbocycles. The molecule has 6 rings (SSSR count). The maximum Gasteiger partial charge on any atom is 0.391 e. The first-order valence-electron chi connectivity index (χ1n) is 14.5. The number of hydrogen-bond acceptors (Lipinski definition) is 5. The van der Waals surface area contributed by atoms with Crippen molar-refractivity contribution in [2.75, 3.05) is 19.6 Å². The van der Waals surface area contributed by atoms with Gasteiger partial charge in [-0.05, 0) is 87.1 Å². The number of aryl methyl sites for hydroxylation is 2. The summed E-state index contributed by atoms with van der Waals surface area (Å²) >= 11 is 1.80. The maximum atomic E-state index is 13.3. The summed E-state index contributed by atoms with van der Waals surface area (Å²) < 4.78 is 41.7. The summed E-state index contributed by atoms with van der Waals surface area (Å²) in [5.74, 6) is -0.966. The van der Waals surface area contributed by atoms with Crippen molar-refractivity contribution in [2.24, 2.45) is 5.92 Å². The molecule has 2 aliphatic rings. The van der Waals surface area contributed by atoms with Gasteiger partial charge in [-0.1, -0.05) is 13.8 Å². The predicted octanol–water partition coefficient (Wildman–Crippen LogP) is 6.62. The van der Waals surface area contributed by atoms with E-state index in [0.29, 0.717) is 24.9 Å². The average molecular weight is 587 g/mol. The van der Waals surface area contributed by atoms with Crippen LogP contribution in [0.2, 0.25) is 0 Å². The zero-order valence-electron chi connectivity index (χ0n) is 24.2. The van der Waals surface area contributed by atoms with Gasteiger partial charge in [-0.15, -0.1) is 11.3 Å². The summed E-state index contributed by atoms with van der Waals surface area (Å²) in [6, 6.07) is -0.746. The Morgan fingerprint density at radius 1 is 1.10 bits per heavy atom. The highest BCUT2D eigenvalue weighted by Crippen LogP contribution is 2.46. The number of nitrogens with one attached hydrogen (secondary N) is 2. The summed E-state index contributed by atoms with van der Waals surface area (Å²) in [7, 11) is 0. The second-order valence-electron chi connectivity index (χ2n) is 12.1. The Labute approximate surface area is 241 Å². The van der Waals surface area contributed by atoms with Crippen LogP contribution in [0.3, 0.4) is 0 Å². The van der Waals surface area contributed by atoms with Crippen molar-refractivity contribution in [1.29, 1.82) is 0 Å². The third-order valence-electron chi connectivity index (χ3n) is 9.28. The van der Waals surface area contributed by atoms with Gasteiger partial charge in [0, 0.05) is 35.1 Å². The Kier molecular flexibility index (Phi) is 7.17. The molecule has 0 aromatic carbocycles. The SMILES string of the molecule is Cc1c(-c2[nH]c3sc(C4CCN(C(=O)[C@H]5CC(C(F)(F)F)CCN5)CC4)c(C)c3c2C(C)C)cn2ncnc2c1C. The van der Waals surface area contributed by atoms with E-state index >= 15 is 0 Å². The van der Waals surface area contributed by atoms with Crippen molar-refractivity contribution in [3.63, 3.8) is 0 Å². The lowest BCUT2D eigenvalue weighted by Crippen LogP contribution is -2.53. The van der Waals surface area contributed by atoms with Gasteiger partial charge < -0.3 is 15.2 Å². The third kappa shape index (κ3) is 4.84. The normalized spacial score (nSPS) is 21.0. The van der Waals surface area contributed by atoms with Crippen LogP contribution in [-0.4, -0.2) is 62.2 Å². The smallest absolute Gasteiger partial charge is 0.346 e. The number of nitrogens with zero attached hydrogens (tertiary/aromatic N) is 4. The van der Waals surface area contributed by atoms with Gasteiger partial charge >= 0.3 is 6.18 Å². The molecule has 2 atom stereocenters. The molecule has 1 unspecified atom stereocenters. The van der Waals surface area contributed by atoms with Crippen molar-refractivity contribution in [3.05, 3.63) is 39.7 Å². The molecule has 7 nitrogen and oxygen atoms in total. The lowest BCUT2D eigenvalue weighted by atomic mass is 9.88. The monoisotopic (exact) mass is 586 g/mol. The quantitative estimate of drug-likeness (QED) is 0.282. The molecule has 1 amide bonds. The fourth-order valence-corrected chi connectivity index (χ4v) is 8.26. The van der Waals surface area contributed by atoms with E-state index in [2.05, 4.69) is 61.2 Å². The number of piperidine rings is 2. The third-order valence-corrected chi connectivity index (χ3v) is 10.6. The van der Waals surface area contributed by atoms with Gasteiger partial charge in [-0.25, -0.2) is 9.50 Å². The number of amides is 1. The van der Waals surface area contributed by atoms with Gasteiger partial charge in [0.05, 0.1) is 17.7 Å². The van der Waals surface area contributed by atoms with Gasteiger partial charge in [0.1, 0.15) is 11.2 Å². The van der Waals surface area contributed by atoms with Crippen molar-refractivity contribution in [3.8, 4) is 11.3 Å². The molecule has 4 aromatic rings. The molecule has 220 valence electrons. The summed E-state index contributed by atoms with van der Waals surface area (Å²) in [6.45, 7) is 12.3. The van der Waals surface area contributed by atoms with Crippen molar-refractivity contribution in [2.45, 2.75) is 84.4 Å². The van der Waals surface area contributed by atoms with Gasteiger partial charge in [0.15, 0.2) is 5.65 Å². The first-order valence-corrected chi connectivity index (χ1v) is 15.3. The van der Waals surface area contributed by atoms with E-state index < -0.39 is 18.1 Å². The van der Waals surface area contributed by atoms with E-state index in [1.54, 1.807) is 22.6 Å². The molecule has 0 bridgehead atoms. The van der Waals surface area contributed by atoms with Gasteiger partial charge in [-0.3, -0.25) is 4.79 Å². The van der Waals surface area contributed by atoms with Crippen LogP contribution in [0.15, 0.2) is 12.5 Å². The topological polar surface area (TPSA) is 78.3 Å². The number of hydrogen-bond donors (Lipinski definition) is 2. The molecule has 0 saturated carbocycles. The van der Waals surface area contributed by atoms with E-state index in [0.717, 1.165) is 40.1 Å². The largest absolute Gasteiger partial charge is 0.391 e. The Bertz CT molecular complexity index is 1610. The molecule has 0 spiro atoms. The number of pyridine rings is 1. The minimum absolute atomic E-state index is 0.0362. The summed E-state index contributed by atoms with van der Waals surface area (Å²) in [5.41, 5.74) is 8.02. The van der Waals surface area contributed by atoms with E-state index in [9.17, 15) is 18.0 Å². The number of likely N-dealkylation sites (tertiary alicyclic amines) is 1. The molecule has 2 aliphatic heterocycles. The molecular weight excluding hydrogens is 549 g/mol. The number of aromatic amines is 1. The minimum Gasteiger partial charge on any atom is -0.346 e. The Hall–Kier alpha value is -2.92. The van der Waals surface area contributed by atoms with E-state index in [1.807, 2.05) is 4.52 Å². The van der Waals surface area contributed by atoms with Crippen LogP contribution in [0, 0.1) is 26.7 Å². The van der Waals surface area contributed by atoms with E-state index in [-0.39, 0.29) is 25.3 Å². The molecule has 6 heterocycles. The summed E-state index contributed by atoms with van der Waals surface area (Å²) in [6.07, 6.45) is 0.902. The van der Waals surface area contributed by atoms with Crippen LogP contribution in [0.25, 0.3) is 27.1 Å². The molecule has 4 aromatic heterocycles. The van der Waals surface area contributed by atoms with Crippen molar-refractivity contribution >= 4 is 33.1 Å². The fourth-order valence-electron chi connectivity index (χ4n) is 6.87. The highest BCUT2D eigenvalue weighted by molar-refractivity contribution is 7.19. The number of carbonyl (C=O) groups excluding carboxylic acids is 1. The van der Waals surface area contributed by atoms with Crippen LogP contribution >= 0.6 is 11.3 Å². The highest BCUT2D eigenvalue weighted by atomic mass is 32.1. The zero-order chi connectivity index (χ0) is 29.2. The number of halogens is 3. The van der Waals surface area contributed by atoms with E-state index in [1.165, 1.54) is 27.0 Å². The highest BCUT2D eigenvalue weighted by Gasteiger charge is 2.44. The predicted molar refractivity (Wildman–Crippen MR) is 156 cm³/mol. The van der Waals surface area contributed by atoms with Crippen molar-refractivity contribution < 1.29 is 18.0 Å². The zero-order valence-corrected chi connectivity index (χ0v) is 25.0. The van der Waals surface area contributed by atoms with Crippen LogP contribution < -0.4 is 5.32 Å². The second-order valence-corrected chi connectivity index (χ2v) is 13.1. The second kappa shape index (κ2) is 10.4. The Balaban J connectivity index is 1.24. The molecule has 11 heteroatoms. The molecular formula is C30H37F3N6OS. The van der Waals surface area contributed by atoms with Gasteiger partial charge in [0.2, 0.25) is 5.91 Å². The molecule has 0 radical (unpaired) electrons. The number of rotatable bonds is 4. The Morgan fingerprint density at radius 2 is 1.83 bits per heavy atom. The minimum atomic E-state index is -4.25. The molecule has 41 heavy (non-hydrogen) atoms. The molecule has 2 fully saturated rings. The lowest BCUT2D eigenvalue weighted by Gasteiger charge is -2.37. The van der Waals surface area contributed by atoms with Gasteiger partial charge in [0.25, 0.3) is 0 Å². The van der Waals surface area contributed by atoms with Crippen LogP contribution in [-0.2, 0) is 4.79 Å². The van der Waals surface area contributed by atoms with Crippen LogP contribution in [0.5, 0.6) is 0 Å². The number of fused-ring (bicyclic) bond motifs is 2. The first kappa shape index (κ1) is 28.2. The molecule has 2 N–H and O–H groups in total. The van der Waals surface area contributed by atoms with E-state index in [4.69, 9.17) is 0 Å². The number of H-pyrrole nitrogens is 1. The average Bonchev–Trinajstić information content (AvgIpc) is 3.65. The lowest BCUT2D eigenvalue weighted by molar-refractivity contribution is -0.184. The van der Waals surface area contributed by atoms with Crippen LogP contribution in [0.4, 0.5) is 13.2 Å². The standard InChI is InChI=1S/C30H37F3N6OS/c1-15(2)23-24-18(5)26(41-28(24)37-25(23)21-13-39-27(35-14-36-39)17(4)16(21)3)19-7-10-38(11-8-19)29(40)22-12-20(6-9-34-22)30(31,32)33/h13-15,19-20,22,34,37H,6-12H2,1-5H3/t20?,22-/m1/s1. The fraction of sp³-hybridized carbons (Fsp3) is 0.567. The number of aromatic nitrogens is 4. The first-order chi connectivity index (χ1) is 19.5. The van der Waals surface area contributed by atoms with Gasteiger partial charge in [-0.2, -0.15) is 18.3 Å².